The molecule has 1 aromatic rings. The zero-order chi connectivity index (χ0) is 20.8. The van der Waals surface area contributed by atoms with Crippen LogP contribution in [0.3, 0.4) is 0 Å². The first-order chi connectivity index (χ1) is 13.1. The Morgan fingerprint density at radius 1 is 1.07 bits per heavy atom. The lowest BCUT2D eigenvalue weighted by molar-refractivity contribution is -0.124. The van der Waals surface area contributed by atoms with Crippen LogP contribution in [0.25, 0.3) is 0 Å². The van der Waals surface area contributed by atoms with Crippen LogP contribution in [-0.2, 0) is 20.2 Å². The van der Waals surface area contributed by atoms with E-state index in [9.17, 15) is 18.3 Å². The van der Waals surface area contributed by atoms with Gasteiger partial charge in [0.2, 0.25) is 15.9 Å². The van der Waals surface area contributed by atoms with E-state index >= 15 is 0 Å². The molecule has 1 aliphatic rings. The first kappa shape index (κ1) is 22.8. The molecule has 2 rings (SSSR count). The molecule has 0 aliphatic heterocycles. The summed E-state index contributed by atoms with van der Waals surface area (Å²) in [6.07, 6.45) is 7.45. The standard InChI is InChI=1S/C21H34N2O4S/c1-21(2,3)16-11-13-18(14-12-16)28(26,27)23-19(15-24)20(25)22-17-9-7-5-4-6-8-10-17/h11-14,17,19,23-24H,4-10,15H2,1-3H3,(H,22,25). The zero-order valence-electron chi connectivity index (χ0n) is 17.2. The number of amides is 1. The van der Waals surface area contributed by atoms with Gasteiger partial charge >= 0.3 is 0 Å². The van der Waals surface area contributed by atoms with Gasteiger partial charge in [-0.1, -0.05) is 65.0 Å². The normalized spacial score (nSPS) is 18.1. The van der Waals surface area contributed by atoms with Crippen molar-refractivity contribution in [2.45, 2.75) is 88.1 Å². The van der Waals surface area contributed by atoms with Crippen LogP contribution in [0.15, 0.2) is 29.2 Å². The van der Waals surface area contributed by atoms with Gasteiger partial charge in [0, 0.05) is 6.04 Å². The van der Waals surface area contributed by atoms with Gasteiger partial charge in [0.25, 0.3) is 0 Å². The Bertz CT molecular complexity index is 731. The van der Waals surface area contributed by atoms with Crippen molar-refractivity contribution >= 4 is 15.9 Å². The highest BCUT2D eigenvalue weighted by atomic mass is 32.2. The fourth-order valence-electron chi connectivity index (χ4n) is 3.47. The highest BCUT2D eigenvalue weighted by molar-refractivity contribution is 7.89. The van der Waals surface area contributed by atoms with Gasteiger partial charge in [-0.2, -0.15) is 4.72 Å². The van der Waals surface area contributed by atoms with E-state index in [-0.39, 0.29) is 16.4 Å². The third-order valence-corrected chi connectivity index (χ3v) is 6.77. The molecular weight excluding hydrogens is 376 g/mol. The van der Waals surface area contributed by atoms with Crippen LogP contribution < -0.4 is 10.0 Å². The Kier molecular flexibility index (Phi) is 8.04. The largest absolute Gasteiger partial charge is 0.394 e. The van der Waals surface area contributed by atoms with E-state index in [0.29, 0.717) is 0 Å². The van der Waals surface area contributed by atoms with E-state index in [0.717, 1.165) is 44.1 Å². The van der Waals surface area contributed by atoms with Gasteiger partial charge < -0.3 is 10.4 Å². The molecule has 1 aromatic carbocycles. The summed E-state index contributed by atoms with van der Waals surface area (Å²) in [5.41, 5.74) is 0.938. The van der Waals surface area contributed by atoms with Crippen molar-refractivity contribution in [1.82, 2.24) is 10.0 Å². The molecule has 1 amide bonds. The van der Waals surface area contributed by atoms with Crippen LogP contribution in [0.2, 0.25) is 0 Å². The topological polar surface area (TPSA) is 95.5 Å². The maximum absolute atomic E-state index is 12.7. The molecule has 0 radical (unpaired) electrons. The molecule has 1 aliphatic carbocycles. The lowest BCUT2D eigenvalue weighted by Crippen LogP contribution is -2.51. The van der Waals surface area contributed by atoms with E-state index in [2.05, 4.69) is 30.8 Å². The molecular formula is C21H34N2O4S. The van der Waals surface area contributed by atoms with Crippen molar-refractivity contribution < 1.29 is 18.3 Å². The number of aliphatic hydroxyl groups is 1. The summed E-state index contributed by atoms with van der Waals surface area (Å²) in [5, 5.41) is 12.5. The Balaban J connectivity index is 2.04. The van der Waals surface area contributed by atoms with Crippen LogP contribution in [0.1, 0.15) is 71.3 Å². The van der Waals surface area contributed by atoms with Crippen LogP contribution >= 0.6 is 0 Å². The second-order valence-electron chi connectivity index (χ2n) is 8.68. The highest BCUT2D eigenvalue weighted by Gasteiger charge is 2.27. The molecule has 158 valence electrons. The first-order valence-electron chi connectivity index (χ1n) is 10.2. The fourth-order valence-corrected chi connectivity index (χ4v) is 4.65. The molecule has 0 spiro atoms. The summed E-state index contributed by atoms with van der Waals surface area (Å²) in [5.74, 6) is -0.469. The Labute approximate surface area is 169 Å². The molecule has 1 atom stereocenters. The predicted molar refractivity (Wildman–Crippen MR) is 111 cm³/mol. The lowest BCUT2D eigenvalue weighted by Gasteiger charge is -2.24. The number of aliphatic hydroxyl groups excluding tert-OH is 1. The number of benzene rings is 1. The minimum atomic E-state index is -3.90. The van der Waals surface area contributed by atoms with Gasteiger partial charge in [-0.15, -0.1) is 0 Å². The second kappa shape index (κ2) is 9.85. The summed E-state index contributed by atoms with van der Waals surface area (Å²) in [6, 6.07) is 5.46. The van der Waals surface area contributed by atoms with Crippen molar-refractivity contribution in [2.24, 2.45) is 0 Å². The third kappa shape index (κ3) is 6.57. The number of hydrogen-bond acceptors (Lipinski definition) is 4. The van der Waals surface area contributed by atoms with Crippen LogP contribution in [-0.4, -0.2) is 38.1 Å². The Hall–Kier alpha value is -1.44. The Morgan fingerprint density at radius 2 is 1.61 bits per heavy atom. The summed E-state index contributed by atoms with van der Waals surface area (Å²) in [7, 11) is -3.90. The molecule has 0 saturated heterocycles. The number of rotatable bonds is 6. The van der Waals surface area contributed by atoms with Crippen molar-refractivity contribution in [3.63, 3.8) is 0 Å². The number of nitrogens with one attached hydrogen (secondary N) is 2. The molecule has 0 bridgehead atoms. The first-order valence-corrected chi connectivity index (χ1v) is 11.7. The van der Waals surface area contributed by atoms with E-state index < -0.39 is 28.6 Å². The molecule has 3 N–H and O–H groups in total. The molecule has 1 unspecified atom stereocenters. The smallest absolute Gasteiger partial charge is 0.241 e. The number of hydrogen-bond donors (Lipinski definition) is 3. The summed E-state index contributed by atoms with van der Waals surface area (Å²) in [6.45, 7) is 5.57. The number of carbonyl (C=O) groups is 1. The molecule has 1 fully saturated rings. The van der Waals surface area contributed by atoms with Gasteiger partial charge in [-0.25, -0.2) is 8.42 Å². The van der Waals surface area contributed by atoms with Gasteiger partial charge in [-0.3, -0.25) is 4.79 Å². The summed E-state index contributed by atoms with van der Waals surface area (Å²) in [4.78, 5) is 12.6. The van der Waals surface area contributed by atoms with Crippen molar-refractivity contribution in [1.29, 1.82) is 0 Å². The average Bonchev–Trinajstić information content (AvgIpc) is 2.61. The van der Waals surface area contributed by atoms with Crippen molar-refractivity contribution in [3.8, 4) is 0 Å². The van der Waals surface area contributed by atoms with Gasteiger partial charge in [0.1, 0.15) is 6.04 Å². The number of carbonyl (C=O) groups excluding carboxylic acids is 1. The van der Waals surface area contributed by atoms with Gasteiger partial charge in [0.05, 0.1) is 11.5 Å². The highest BCUT2D eigenvalue weighted by Crippen LogP contribution is 2.23. The third-order valence-electron chi connectivity index (χ3n) is 5.28. The van der Waals surface area contributed by atoms with Gasteiger partial charge in [0.15, 0.2) is 0 Å². The van der Waals surface area contributed by atoms with E-state index in [4.69, 9.17) is 0 Å². The van der Waals surface area contributed by atoms with Crippen LogP contribution in [0.5, 0.6) is 0 Å². The van der Waals surface area contributed by atoms with E-state index in [1.165, 1.54) is 18.6 Å². The van der Waals surface area contributed by atoms with E-state index in [1.54, 1.807) is 12.1 Å². The minimum absolute atomic E-state index is 0.0393. The minimum Gasteiger partial charge on any atom is -0.394 e. The number of sulfonamides is 1. The fraction of sp³-hybridized carbons (Fsp3) is 0.667. The maximum Gasteiger partial charge on any atom is 0.241 e. The molecule has 0 heterocycles. The lowest BCUT2D eigenvalue weighted by atomic mass is 9.87. The van der Waals surface area contributed by atoms with Crippen LogP contribution in [0, 0.1) is 0 Å². The zero-order valence-corrected chi connectivity index (χ0v) is 18.0. The molecule has 1 saturated carbocycles. The van der Waals surface area contributed by atoms with Crippen LogP contribution in [0.4, 0.5) is 0 Å². The predicted octanol–water partition coefficient (Wildman–Crippen LogP) is 2.85. The molecule has 7 heteroatoms. The van der Waals surface area contributed by atoms with E-state index in [1.807, 2.05) is 0 Å². The summed E-state index contributed by atoms with van der Waals surface area (Å²) < 4.78 is 27.7. The summed E-state index contributed by atoms with van der Waals surface area (Å²) >= 11 is 0. The average molecular weight is 411 g/mol. The van der Waals surface area contributed by atoms with Gasteiger partial charge in [-0.05, 0) is 36.0 Å². The molecule has 0 aromatic heterocycles. The Morgan fingerprint density at radius 3 is 2.11 bits per heavy atom. The second-order valence-corrected chi connectivity index (χ2v) is 10.4. The SMILES string of the molecule is CC(C)(C)c1ccc(S(=O)(=O)NC(CO)C(=O)NC2CCCCCCC2)cc1. The maximum atomic E-state index is 12.7. The molecule has 28 heavy (non-hydrogen) atoms. The quantitative estimate of drug-likeness (QED) is 0.672. The molecule has 6 nitrogen and oxygen atoms in total. The van der Waals surface area contributed by atoms with Crippen molar-refractivity contribution in [2.75, 3.05) is 6.61 Å². The monoisotopic (exact) mass is 410 g/mol. The van der Waals surface area contributed by atoms with Crippen molar-refractivity contribution in [3.05, 3.63) is 29.8 Å².